The Balaban J connectivity index is 1.53. The predicted octanol–water partition coefficient (Wildman–Crippen LogP) is 4.20. The zero-order valence-corrected chi connectivity index (χ0v) is 17.3. The summed E-state index contributed by atoms with van der Waals surface area (Å²) in [7, 11) is 0. The summed E-state index contributed by atoms with van der Waals surface area (Å²) in [5, 5.41) is 8.60. The number of pyridine rings is 1. The van der Waals surface area contributed by atoms with Crippen LogP contribution in [0.4, 0.5) is 5.82 Å². The molecule has 1 amide bonds. The third-order valence-electron chi connectivity index (χ3n) is 5.78. The van der Waals surface area contributed by atoms with Crippen molar-refractivity contribution < 1.29 is 9.53 Å². The fourth-order valence-electron chi connectivity index (χ4n) is 4.15. The van der Waals surface area contributed by atoms with Crippen molar-refractivity contribution in [3.05, 3.63) is 41.0 Å². The Morgan fingerprint density at radius 1 is 1.25 bits per heavy atom. The quantitative estimate of drug-likeness (QED) is 0.685. The summed E-state index contributed by atoms with van der Waals surface area (Å²) in [6.45, 7) is 4.46. The van der Waals surface area contributed by atoms with Gasteiger partial charge in [0, 0.05) is 42.3 Å². The highest BCUT2D eigenvalue weighted by molar-refractivity contribution is 8.11. The molecule has 2 N–H and O–H groups in total. The first-order chi connectivity index (χ1) is 13.7. The zero-order valence-electron chi connectivity index (χ0n) is 16.4. The van der Waals surface area contributed by atoms with E-state index in [4.69, 9.17) is 4.74 Å². The minimum Gasteiger partial charge on any atom is -0.378 e. The Morgan fingerprint density at radius 2 is 2.18 bits per heavy atom. The standard InChI is InChI=1S/C22H29N3O2S/c1-15-10-20-17-6-8-24-21(12-17)23-7-3-9-27-18-5-2-4-16(11-18)13-25-22(26)19(15)14-28-20/h6,8,10,12,14-16,18H,2-5,7,9,11,13H2,1H3,(H,23,24)(H,25,26). The number of carbonyl (C=O) groups excluding carboxylic acids is 1. The van der Waals surface area contributed by atoms with Crippen LogP contribution in [-0.4, -0.2) is 36.7 Å². The highest BCUT2D eigenvalue weighted by atomic mass is 32.2. The largest absolute Gasteiger partial charge is 0.378 e. The van der Waals surface area contributed by atoms with Crippen molar-refractivity contribution in [2.45, 2.75) is 45.1 Å². The third kappa shape index (κ3) is 4.78. The van der Waals surface area contributed by atoms with Crippen LogP contribution in [0.2, 0.25) is 0 Å². The number of hydrogen-bond donors (Lipinski definition) is 2. The molecule has 4 aliphatic rings. The molecule has 5 nitrogen and oxygen atoms in total. The smallest absolute Gasteiger partial charge is 0.248 e. The molecule has 6 heteroatoms. The second-order valence-corrected chi connectivity index (χ2v) is 8.87. The molecule has 28 heavy (non-hydrogen) atoms. The lowest BCUT2D eigenvalue weighted by Crippen LogP contribution is -2.35. The van der Waals surface area contributed by atoms with Gasteiger partial charge in [-0.3, -0.25) is 4.79 Å². The summed E-state index contributed by atoms with van der Waals surface area (Å²) in [5.41, 5.74) is 1.99. The van der Waals surface area contributed by atoms with E-state index in [0.29, 0.717) is 12.0 Å². The van der Waals surface area contributed by atoms with Crippen molar-refractivity contribution in [1.29, 1.82) is 0 Å². The molecule has 3 atom stereocenters. The Bertz CT molecular complexity index is 777. The first-order valence-electron chi connectivity index (χ1n) is 10.4. The zero-order chi connectivity index (χ0) is 19.3. The Kier molecular flexibility index (Phi) is 6.37. The van der Waals surface area contributed by atoms with E-state index in [2.05, 4.69) is 34.7 Å². The molecule has 0 aromatic carbocycles. The molecule has 3 aliphatic heterocycles. The first-order valence-corrected chi connectivity index (χ1v) is 11.3. The van der Waals surface area contributed by atoms with Gasteiger partial charge in [0.05, 0.1) is 6.10 Å². The van der Waals surface area contributed by atoms with Gasteiger partial charge in [0.25, 0.3) is 0 Å². The molecular formula is C22H29N3O2S. The average Bonchev–Trinajstić information content (AvgIpc) is 2.72. The maximum Gasteiger partial charge on any atom is 0.248 e. The number of aromatic nitrogens is 1. The highest BCUT2D eigenvalue weighted by Crippen LogP contribution is 2.37. The van der Waals surface area contributed by atoms with Gasteiger partial charge in [0.2, 0.25) is 5.91 Å². The van der Waals surface area contributed by atoms with Crippen LogP contribution in [0.25, 0.3) is 4.91 Å². The van der Waals surface area contributed by atoms with E-state index in [9.17, 15) is 4.79 Å². The van der Waals surface area contributed by atoms with E-state index < -0.39 is 0 Å². The van der Waals surface area contributed by atoms with Crippen LogP contribution < -0.4 is 10.6 Å². The van der Waals surface area contributed by atoms with Crippen LogP contribution in [0.5, 0.6) is 0 Å². The van der Waals surface area contributed by atoms with Crippen molar-refractivity contribution in [2.75, 3.05) is 25.0 Å². The SMILES string of the molecule is CC1C=C2SC=C1C(=O)NCC1CCCC(C1)OCCCNc1cc2ccn1. The molecule has 3 unspecified atom stereocenters. The molecular weight excluding hydrogens is 370 g/mol. The number of ether oxygens (including phenoxy) is 1. The molecule has 4 heterocycles. The van der Waals surface area contributed by atoms with Crippen LogP contribution in [0.1, 0.15) is 44.6 Å². The van der Waals surface area contributed by atoms with Crippen LogP contribution in [0.15, 0.2) is 35.4 Å². The van der Waals surface area contributed by atoms with E-state index in [1.165, 1.54) is 17.7 Å². The van der Waals surface area contributed by atoms with E-state index in [1.807, 2.05) is 17.7 Å². The average molecular weight is 400 g/mol. The van der Waals surface area contributed by atoms with Gasteiger partial charge in [0.1, 0.15) is 5.82 Å². The Labute approximate surface area is 171 Å². The number of nitrogens with one attached hydrogen (secondary N) is 2. The van der Waals surface area contributed by atoms with Gasteiger partial charge in [-0.1, -0.05) is 31.2 Å². The molecule has 0 radical (unpaired) electrons. The van der Waals surface area contributed by atoms with Gasteiger partial charge < -0.3 is 15.4 Å². The molecule has 0 spiro atoms. The number of allylic oxidation sites excluding steroid dienone is 1. The second-order valence-electron chi connectivity index (χ2n) is 7.96. The molecule has 1 aromatic heterocycles. The lowest BCUT2D eigenvalue weighted by molar-refractivity contribution is -0.118. The molecule has 1 aliphatic carbocycles. The number of amides is 1. The lowest BCUT2D eigenvalue weighted by atomic mass is 9.87. The van der Waals surface area contributed by atoms with Gasteiger partial charge in [-0.2, -0.15) is 0 Å². The highest BCUT2D eigenvalue weighted by Gasteiger charge is 2.25. The summed E-state index contributed by atoms with van der Waals surface area (Å²) in [6, 6.07) is 4.11. The van der Waals surface area contributed by atoms with Crippen molar-refractivity contribution in [3.8, 4) is 0 Å². The molecule has 150 valence electrons. The minimum absolute atomic E-state index is 0.0662. The van der Waals surface area contributed by atoms with Crippen LogP contribution in [0, 0.1) is 11.8 Å². The summed E-state index contributed by atoms with van der Waals surface area (Å²) in [6.07, 6.45) is 9.85. The van der Waals surface area contributed by atoms with Crippen LogP contribution >= 0.6 is 11.8 Å². The normalized spacial score (nSPS) is 28.9. The Hall–Kier alpha value is -1.79. The van der Waals surface area contributed by atoms with Crippen molar-refractivity contribution in [1.82, 2.24) is 10.3 Å². The van der Waals surface area contributed by atoms with E-state index in [0.717, 1.165) is 55.9 Å². The van der Waals surface area contributed by atoms with E-state index in [1.54, 1.807) is 11.8 Å². The number of hydrogen-bond acceptors (Lipinski definition) is 5. The van der Waals surface area contributed by atoms with Gasteiger partial charge in [0.15, 0.2) is 0 Å². The number of anilines is 1. The maximum atomic E-state index is 12.7. The summed E-state index contributed by atoms with van der Waals surface area (Å²) in [5.74, 6) is 1.57. The van der Waals surface area contributed by atoms with Crippen molar-refractivity contribution in [3.63, 3.8) is 0 Å². The molecule has 1 saturated carbocycles. The Morgan fingerprint density at radius 3 is 3.07 bits per heavy atom. The van der Waals surface area contributed by atoms with Crippen LogP contribution in [-0.2, 0) is 9.53 Å². The second kappa shape index (κ2) is 9.14. The predicted molar refractivity (Wildman–Crippen MR) is 115 cm³/mol. The van der Waals surface area contributed by atoms with Crippen molar-refractivity contribution in [2.24, 2.45) is 11.8 Å². The van der Waals surface area contributed by atoms with Gasteiger partial charge in [-0.05, 0) is 54.7 Å². The van der Waals surface area contributed by atoms with E-state index in [-0.39, 0.29) is 11.8 Å². The first kappa shape index (κ1) is 19.5. The number of fused-ring (bicyclic) bond motifs is 8. The van der Waals surface area contributed by atoms with Gasteiger partial charge in [-0.25, -0.2) is 4.98 Å². The number of nitrogens with zero attached hydrogens (tertiary/aromatic N) is 1. The number of thioether (sulfide) groups is 1. The molecule has 5 rings (SSSR count). The topological polar surface area (TPSA) is 63.2 Å². The van der Waals surface area contributed by atoms with Gasteiger partial charge in [-0.15, -0.1) is 0 Å². The van der Waals surface area contributed by atoms with E-state index >= 15 is 0 Å². The fraction of sp³-hybridized carbons (Fsp3) is 0.545. The molecule has 1 fully saturated rings. The summed E-state index contributed by atoms with van der Waals surface area (Å²) < 4.78 is 6.11. The monoisotopic (exact) mass is 399 g/mol. The number of rotatable bonds is 0. The van der Waals surface area contributed by atoms with Crippen LogP contribution in [0.3, 0.4) is 0 Å². The summed E-state index contributed by atoms with van der Waals surface area (Å²) >= 11 is 1.62. The summed E-state index contributed by atoms with van der Waals surface area (Å²) in [4.78, 5) is 18.3. The minimum atomic E-state index is 0.0662. The molecule has 0 saturated heterocycles. The number of carbonyl (C=O) groups is 1. The molecule has 1 aromatic rings. The maximum absolute atomic E-state index is 12.7. The molecule has 6 bridgehead atoms. The lowest BCUT2D eigenvalue weighted by Gasteiger charge is -2.30. The fourth-order valence-corrected chi connectivity index (χ4v) is 5.27. The van der Waals surface area contributed by atoms with Crippen molar-refractivity contribution >= 4 is 28.4 Å². The van der Waals surface area contributed by atoms with Gasteiger partial charge >= 0.3 is 0 Å². The third-order valence-corrected chi connectivity index (χ3v) is 6.78.